The van der Waals surface area contributed by atoms with Gasteiger partial charge in [-0.05, 0) is 48.0 Å². The van der Waals surface area contributed by atoms with Crippen LogP contribution < -0.4 is 16.2 Å². The Balaban J connectivity index is 1.92. The first-order valence-corrected chi connectivity index (χ1v) is 9.58. The molecule has 3 aromatic rings. The van der Waals surface area contributed by atoms with Crippen molar-refractivity contribution in [3.63, 3.8) is 0 Å². The summed E-state index contributed by atoms with van der Waals surface area (Å²) in [4.78, 5) is 12.0. The zero-order valence-corrected chi connectivity index (χ0v) is 15.6. The molecule has 0 aliphatic heterocycles. The number of hydrogen-bond acceptors (Lipinski definition) is 8. The second-order valence-electron chi connectivity index (χ2n) is 5.76. The molecule has 0 amide bonds. The van der Waals surface area contributed by atoms with Crippen LogP contribution in [-0.4, -0.2) is 23.4 Å². The lowest BCUT2D eigenvalue weighted by molar-refractivity contribution is 0.598. The van der Waals surface area contributed by atoms with Crippen LogP contribution in [0, 0.1) is 17.1 Å². The van der Waals surface area contributed by atoms with E-state index in [-0.39, 0.29) is 28.2 Å². The number of nitriles is 1. The van der Waals surface area contributed by atoms with Crippen molar-refractivity contribution < 1.29 is 12.8 Å². The third-order valence-corrected chi connectivity index (χ3v) is 4.54. The molecule has 0 bridgehead atoms. The monoisotopic (exact) mass is 411 g/mol. The van der Waals surface area contributed by atoms with Gasteiger partial charge in [-0.3, -0.25) is 0 Å². The molecule has 29 heavy (non-hydrogen) atoms. The van der Waals surface area contributed by atoms with Crippen molar-refractivity contribution in [1.82, 2.24) is 15.0 Å². The highest BCUT2D eigenvalue weighted by atomic mass is 32.2. The van der Waals surface area contributed by atoms with Gasteiger partial charge < -0.3 is 11.1 Å². The third kappa shape index (κ3) is 5.10. The predicted octanol–water partition coefficient (Wildman–Crippen LogP) is 2.05. The summed E-state index contributed by atoms with van der Waals surface area (Å²) in [7, 11) is -3.81. The van der Waals surface area contributed by atoms with Crippen LogP contribution in [0.4, 0.5) is 22.0 Å². The predicted molar refractivity (Wildman–Crippen MR) is 105 cm³/mol. The van der Waals surface area contributed by atoms with E-state index in [9.17, 15) is 18.1 Å². The molecule has 0 saturated heterocycles. The average Bonchev–Trinajstić information content (AvgIpc) is 2.65. The summed E-state index contributed by atoms with van der Waals surface area (Å²) in [6.45, 7) is 0. The molecule has 0 spiro atoms. The van der Waals surface area contributed by atoms with Gasteiger partial charge in [0, 0.05) is 5.69 Å². The maximum absolute atomic E-state index is 13.4. The maximum atomic E-state index is 13.4. The van der Waals surface area contributed by atoms with Crippen LogP contribution in [-0.2, 0) is 10.0 Å². The zero-order valence-electron chi connectivity index (χ0n) is 14.7. The topological polar surface area (TPSA) is 161 Å². The molecule has 1 aromatic heterocycles. The third-order valence-electron chi connectivity index (χ3n) is 3.61. The molecule has 0 aliphatic rings. The van der Waals surface area contributed by atoms with E-state index < -0.39 is 15.8 Å². The van der Waals surface area contributed by atoms with E-state index in [4.69, 9.17) is 10.9 Å². The Morgan fingerprint density at radius 2 is 1.86 bits per heavy atom. The standard InChI is InChI=1S/C18H14FN7O2S/c19-13-3-1-2-11(9-13)8-12(10-20)16-24-17(21)26-18(25-16)23-14-4-6-15(7-5-14)29(22,27)28/h1-9H,(H2,22,27,28)(H3,21,23,24,25,26)/b12-8+. The molecular weight excluding hydrogens is 397 g/mol. The minimum absolute atomic E-state index is 0.00656. The molecule has 3 rings (SSSR count). The molecule has 0 aliphatic carbocycles. The number of nitrogens with two attached hydrogens (primary N) is 2. The highest BCUT2D eigenvalue weighted by Crippen LogP contribution is 2.20. The van der Waals surface area contributed by atoms with Crippen LogP contribution in [0.25, 0.3) is 11.6 Å². The van der Waals surface area contributed by atoms with Crippen LogP contribution in [0.1, 0.15) is 11.4 Å². The summed E-state index contributed by atoms with van der Waals surface area (Å²) in [6, 6.07) is 13.2. The number of nitrogens with zero attached hydrogens (tertiary/aromatic N) is 4. The molecule has 2 aromatic carbocycles. The maximum Gasteiger partial charge on any atom is 0.238 e. The van der Waals surface area contributed by atoms with E-state index >= 15 is 0 Å². The molecule has 0 radical (unpaired) electrons. The lowest BCUT2D eigenvalue weighted by Gasteiger charge is -2.07. The van der Waals surface area contributed by atoms with Gasteiger partial charge in [0.05, 0.1) is 10.5 Å². The van der Waals surface area contributed by atoms with E-state index in [0.717, 1.165) is 0 Å². The second kappa shape index (κ2) is 8.01. The first-order chi connectivity index (χ1) is 13.7. The fourth-order valence-electron chi connectivity index (χ4n) is 2.34. The van der Waals surface area contributed by atoms with E-state index in [2.05, 4.69) is 20.3 Å². The van der Waals surface area contributed by atoms with Gasteiger partial charge in [0.15, 0.2) is 5.82 Å². The number of sulfonamides is 1. The lowest BCUT2D eigenvalue weighted by Crippen LogP contribution is -2.12. The number of hydrogen-bond donors (Lipinski definition) is 3. The number of allylic oxidation sites excluding steroid dienone is 1. The molecule has 146 valence electrons. The van der Waals surface area contributed by atoms with Crippen molar-refractivity contribution in [3.8, 4) is 6.07 Å². The van der Waals surface area contributed by atoms with Gasteiger partial charge in [0.25, 0.3) is 0 Å². The second-order valence-corrected chi connectivity index (χ2v) is 7.32. The summed E-state index contributed by atoms with van der Waals surface area (Å²) in [5.74, 6) is -0.556. The lowest BCUT2D eigenvalue weighted by atomic mass is 10.1. The number of aromatic nitrogens is 3. The van der Waals surface area contributed by atoms with Crippen LogP contribution in [0.15, 0.2) is 53.4 Å². The molecular formula is C18H14FN7O2S. The SMILES string of the molecule is N#C/C(=C\c1cccc(F)c1)c1nc(N)nc(Nc2ccc(S(N)(=O)=O)cc2)n1. The summed E-state index contributed by atoms with van der Waals surface area (Å²) < 4.78 is 36.0. The number of anilines is 3. The largest absolute Gasteiger partial charge is 0.368 e. The Morgan fingerprint density at radius 1 is 1.14 bits per heavy atom. The number of halogens is 1. The first-order valence-electron chi connectivity index (χ1n) is 8.04. The number of benzene rings is 2. The number of nitrogen functional groups attached to an aromatic ring is 1. The van der Waals surface area contributed by atoms with Crippen molar-refractivity contribution in [2.75, 3.05) is 11.1 Å². The molecule has 9 nitrogen and oxygen atoms in total. The fraction of sp³-hybridized carbons (Fsp3) is 0. The number of rotatable bonds is 5. The van der Waals surface area contributed by atoms with Gasteiger partial charge in [-0.15, -0.1) is 0 Å². The Bertz CT molecular complexity index is 1240. The van der Waals surface area contributed by atoms with Crippen LogP contribution >= 0.6 is 0 Å². The highest BCUT2D eigenvalue weighted by molar-refractivity contribution is 7.89. The molecule has 1 heterocycles. The molecule has 11 heteroatoms. The molecule has 0 fully saturated rings. The van der Waals surface area contributed by atoms with E-state index in [1.165, 1.54) is 48.5 Å². The molecule has 0 saturated carbocycles. The summed E-state index contributed by atoms with van der Waals surface area (Å²) in [5.41, 5.74) is 6.67. The highest BCUT2D eigenvalue weighted by Gasteiger charge is 2.11. The number of primary sulfonamides is 1. The Kier molecular flexibility index (Phi) is 5.49. The van der Waals surface area contributed by atoms with Gasteiger partial charge in [0.1, 0.15) is 11.9 Å². The summed E-state index contributed by atoms with van der Waals surface area (Å²) in [6.07, 6.45) is 1.42. The van der Waals surface area contributed by atoms with Crippen LogP contribution in [0.5, 0.6) is 0 Å². The van der Waals surface area contributed by atoms with Crippen molar-refractivity contribution in [2.45, 2.75) is 4.90 Å². The first kappa shape index (κ1) is 19.9. The molecule has 0 unspecified atom stereocenters. The van der Waals surface area contributed by atoms with Gasteiger partial charge in [-0.1, -0.05) is 12.1 Å². The van der Waals surface area contributed by atoms with Crippen molar-refractivity contribution in [3.05, 3.63) is 65.7 Å². The Hall–Kier alpha value is -3.88. The fourth-order valence-corrected chi connectivity index (χ4v) is 2.85. The Morgan fingerprint density at radius 3 is 2.48 bits per heavy atom. The summed E-state index contributed by atoms with van der Waals surface area (Å²) in [5, 5.41) is 17.3. The van der Waals surface area contributed by atoms with Crippen molar-refractivity contribution in [2.24, 2.45) is 5.14 Å². The van der Waals surface area contributed by atoms with E-state index in [1.54, 1.807) is 6.07 Å². The Labute approximate surface area is 165 Å². The van der Waals surface area contributed by atoms with Gasteiger partial charge in [-0.25, -0.2) is 17.9 Å². The smallest absolute Gasteiger partial charge is 0.238 e. The normalized spacial score (nSPS) is 11.7. The van der Waals surface area contributed by atoms with E-state index in [0.29, 0.717) is 11.3 Å². The average molecular weight is 411 g/mol. The minimum Gasteiger partial charge on any atom is -0.368 e. The van der Waals surface area contributed by atoms with Gasteiger partial charge in [-0.2, -0.15) is 20.2 Å². The van der Waals surface area contributed by atoms with Crippen LogP contribution in [0.3, 0.4) is 0 Å². The summed E-state index contributed by atoms with van der Waals surface area (Å²) >= 11 is 0. The number of nitrogens with one attached hydrogen (secondary N) is 1. The minimum atomic E-state index is -3.81. The quantitative estimate of drug-likeness (QED) is 0.537. The molecule has 0 atom stereocenters. The van der Waals surface area contributed by atoms with Crippen molar-refractivity contribution >= 4 is 39.3 Å². The van der Waals surface area contributed by atoms with Gasteiger partial charge >= 0.3 is 0 Å². The van der Waals surface area contributed by atoms with Crippen molar-refractivity contribution in [1.29, 1.82) is 5.26 Å². The molecule has 5 N–H and O–H groups in total. The van der Waals surface area contributed by atoms with Crippen LogP contribution in [0.2, 0.25) is 0 Å². The zero-order chi connectivity index (χ0) is 21.0. The van der Waals surface area contributed by atoms with E-state index in [1.807, 2.05) is 6.07 Å². The van der Waals surface area contributed by atoms with Gasteiger partial charge in [0.2, 0.25) is 21.9 Å².